The molecule has 32 heavy (non-hydrogen) atoms. The van der Waals surface area contributed by atoms with Crippen molar-refractivity contribution in [2.45, 2.75) is 110 Å². The van der Waals surface area contributed by atoms with Crippen LogP contribution in [-0.4, -0.2) is 33.1 Å². The summed E-state index contributed by atoms with van der Waals surface area (Å²) >= 11 is 0. The Morgan fingerprint density at radius 3 is 2.47 bits per heavy atom. The number of fused-ring (bicyclic) bond motifs is 5. The second-order valence-corrected chi connectivity index (χ2v) is 12.9. The Bertz CT molecular complexity index is 743. The Hall–Kier alpha value is -0.640. The fourth-order valence-corrected chi connectivity index (χ4v) is 8.89. The third-order valence-electron chi connectivity index (χ3n) is 11.2. The molecule has 0 spiro atoms. The summed E-state index contributed by atoms with van der Waals surface area (Å²) < 4.78 is 0. The minimum atomic E-state index is -0.772. The molecule has 3 fully saturated rings. The van der Waals surface area contributed by atoms with E-state index in [9.17, 15) is 15.3 Å². The van der Waals surface area contributed by atoms with Crippen molar-refractivity contribution in [3.05, 3.63) is 24.3 Å². The zero-order valence-corrected chi connectivity index (χ0v) is 21.2. The number of aliphatic hydroxyl groups excluding tert-OH is 2. The molecule has 0 aromatic heterocycles. The topological polar surface area (TPSA) is 60.7 Å². The summed E-state index contributed by atoms with van der Waals surface area (Å²) in [6, 6.07) is 0. The predicted molar refractivity (Wildman–Crippen MR) is 131 cm³/mol. The summed E-state index contributed by atoms with van der Waals surface area (Å²) in [6.07, 6.45) is 12.8. The average molecular weight is 445 g/mol. The Morgan fingerprint density at radius 1 is 1.09 bits per heavy atom. The van der Waals surface area contributed by atoms with Gasteiger partial charge in [-0.25, -0.2) is 0 Å². The Labute approximate surface area is 196 Å². The van der Waals surface area contributed by atoms with E-state index in [-0.39, 0.29) is 29.0 Å². The van der Waals surface area contributed by atoms with Gasteiger partial charge in [-0.15, -0.1) is 6.58 Å². The highest BCUT2D eigenvalue weighted by atomic mass is 16.3. The van der Waals surface area contributed by atoms with Gasteiger partial charge in [-0.2, -0.15) is 0 Å². The van der Waals surface area contributed by atoms with Crippen LogP contribution in [0.15, 0.2) is 24.3 Å². The summed E-state index contributed by atoms with van der Waals surface area (Å²) in [5.74, 6) is 2.89. The van der Waals surface area contributed by atoms with Gasteiger partial charge in [0, 0.05) is 0 Å². The lowest BCUT2D eigenvalue weighted by molar-refractivity contribution is -0.0977. The van der Waals surface area contributed by atoms with Crippen molar-refractivity contribution >= 4 is 0 Å². The van der Waals surface area contributed by atoms with E-state index in [1.165, 1.54) is 31.3 Å². The summed E-state index contributed by atoms with van der Waals surface area (Å²) in [5.41, 5.74) is 0.994. The smallest absolute Gasteiger partial charge is 0.0847 e. The van der Waals surface area contributed by atoms with Gasteiger partial charge >= 0.3 is 0 Å². The Morgan fingerprint density at radius 2 is 1.81 bits per heavy atom. The zero-order valence-electron chi connectivity index (χ0n) is 21.2. The highest BCUT2D eigenvalue weighted by molar-refractivity contribution is 5.28. The summed E-state index contributed by atoms with van der Waals surface area (Å²) in [4.78, 5) is 0. The molecule has 10 unspecified atom stereocenters. The molecule has 0 aromatic carbocycles. The molecule has 3 heteroatoms. The van der Waals surface area contributed by atoms with Crippen LogP contribution in [0.1, 0.15) is 92.4 Å². The molecule has 0 aromatic rings. The van der Waals surface area contributed by atoms with Crippen LogP contribution in [0.3, 0.4) is 0 Å². The number of hydrogen-bond acceptors (Lipinski definition) is 3. The van der Waals surface area contributed by atoms with Crippen molar-refractivity contribution in [1.82, 2.24) is 0 Å². The molecule has 3 saturated carbocycles. The van der Waals surface area contributed by atoms with E-state index in [1.807, 2.05) is 0 Å². The molecule has 0 amide bonds. The van der Waals surface area contributed by atoms with Crippen LogP contribution in [0, 0.1) is 46.3 Å². The lowest BCUT2D eigenvalue weighted by atomic mass is 9.46. The minimum absolute atomic E-state index is 0.159. The molecule has 0 bridgehead atoms. The molecule has 3 nitrogen and oxygen atoms in total. The molecule has 10 atom stereocenters. The van der Waals surface area contributed by atoms with Crippen molar-refractivity contribution in [2.24, 2.45) is 46.3 Å². The maximum atomic E-state index is 11.3. The first-order valence-corrected chi connectivity index (χ1v) is 13.4. The molecule has 0 aliphatic heterocycles. The van der Waals surface area contributed by atoms with Crippen LogP contribution in [0.5, 0.6) is 0 Å². The van der Waals surface area contributed by atoms with Crippen molar-refractivity contribution in [3.63, 3.8) is 0 Å². The van der Waals surface area contributed by atoms with Crippen LogP contribution in [0.25, 0.3) is 0 Å². The van der Waals surface area contributed by atoms with Gasteiger partial charge in [0.1, 0.15) is 0 Å². The van der Waals surface area contributed by atoms with Gasteiger partial charge < -0.3 is 15.3 Å². The molecule has 4 rings (SSSR count). The molecular weight excluding hydrogens is 396 g/mol. The van der Waals surface area contributed by atoms with Crippen LogP contribution in [0.2, 0.25) is 0 Å². The largest absolute Gasteiger partial charge is 0.393 e. The summed E-state index contributed by atoms with van der Waals surface area (Å²) in [6.45, 7) is 15.4. The van der Waals surface area contributed by atoms with Gasteiger partial charge in [0.05, 0.1) is 17.8 Å². The minimum Gasteiger partial charge on any atom is -0.393 e. The molecule has 182 valence electrons. The lowest BCUT2D eigenvalue weighted by Crippen LogP contribution is -2.55. The van der Waals surface area contributed by atoms with E-state index < -0.39 is 5.60 Å². The highest BCUT2D eigenvalue weighted by Gasteiger charge is 2.61. The monoisotopic (exact) mass is 444 g/mol. The third-order valence-corrected chi connectivity index (χ3v) is 11.2. The van der Waals surface area contributed by atoms with Crippen LogP contribution >= 0.6 is 0 Å². The fourth-order valence-electron chi connectivity index (χ4n) is 8.89. The molecule has 0 radical (unpaired) electrons. The van der Waals surface area contributed by atoms with Gasteiger partial charge in [0.15, 0.2) is 0 Å². The quantitative estimate of drug-likeness (QED) is 0.448. The van der Waals surface area contributed by atoms with Crippen LogP contribution in [0.4, 0.5) is 0 Å². The molecule has 0 saturated heterocycles. The number of rotatable bonds is 6. The van der Waals surface area contributed by atoms with E-state index in [4.69, 9.17) is 0 Å². The number of hydrogen-bond donors (Lipinski definition) is 3. The van der Waals surface area contributed by atoms with Crippen molar-refractivity contribution in [2.75, 3.05) is 0 Å². The van der Waals surface area contributed by atoms with Gasteiger partial charge in [0.25, 0.3) is 0 Å². The average Bonchev–Trinajstić information content (AvgIpc) is 3.10. The van der Waals surface area contributed by atoms with E-state index in [0.717, 1.165) is 32.1 Å². The highest BCUT2D eigenvalue weighted by Crippen LogP contribution is 2.67. The summed E-state index contributed by atoms with van der Waals surface area (Å²) in [5, 5.41) is 32.5. The molecular formula is C29H48O3. The first-order valence-electron chi connectivity index (χ1n) is 13.4. The molecule has 3 N–H and O–H groups in total. The third kappa shape index (κ3) is 3.75. The molecule has 4 aliphatic carbocycles. The maximum Gasteiger partial charge on any atom is 0.0847 e. The first kappa shape index (κ1) is 24.5. The fraction of sp³-hybridized carbons (Fsp3) is 0.862. The lowest BCUT2D eigenvalue weighted by Gasteiger charge is -2.59. The second kappa shape index (κ2) is 8.54. The van der Waals surface area contributed by atoms with Gasteiger partial charge in [-0.3, -0.25) is 0 Å². The van der Waals surface area contributed by atoms with Crippen molar-refractivity contribution < 1.29 is 15.3 Å². The molecule has 4 aliphatic rings. The standard InChI is InChI=1S/C29H48O3/c1-7-29(32,18(2)3)15-10-19(4)22-8-9-23-26-24(12-14-28(22,23)6)27(5)13-11-21(30)16-20(27)17-25(26)31/h7,17-19,21-26,30-32H,1,8-16H2,2-6H3. The van der Waals surface area contributed by atoms with E-state index in [2.05, 4.69) is 47.3 Å². The van der Waals surface area contributed by atoms with Crippen molar-refractivity contribution in [3.8, 4) is 0 Å². The van der Waals surface area contributed by atoms with Gasteiger partial charge in [-0.1, -0.05) is 52.3 Å². The van der Waals surface area contributed by atoms with Crippen LogP contribution in [-0.2, 0) is 0 Å². The van der Waals surface area contributed by atoms with E-state index in [1.54, 1.807) is 6.08 Å². The Balaban J connectivity index is 1.53. The second-order valence-electron chi connectivity index (χ2n) is 12.9. The van der Waals surface area contributed by atoms with E-state index in [0.29, 0.717) is 29.6 Å². The van der Waals surface area contributed by atoms with Gasteiger partial charge in [0.2, 0.25) is 0 Å². The maximum absolute atomic E-state index is 11.3. The number of aliphatic hydroxyl groups is 3. The first-order chi connectivity index (χ1) is 15.0. The van der Waals surface area contributed by atoms with Crippen molar-refractivity contribution in [1.29, 1.82) is 0 Å². The van der Waals surface area contributed by atoms with Gasteiger partial charge in [-0.05, 0) is 104 Å². The summed E-state index contributed by atoms with van der Waals surface area (Å²) in [7, 11) is 0. The van der Waals surface area contributed by atoms with E-state index >= 15 is 0 Å². The SMILES string of the molecule is C=CC(O)(CCC(C)C1CCC2C3C(O)C=C4CC(O)CCC4(C)C3CCC12C)C(C)C. The normalized spacial score (nSPS) is 46.5. The zero-order chi connectivity index (χ0) is 23.5. The van der Waals surface area contributed by atoms with Crippen LogP contribution < -0.4 is 0 Å². The molecule has 0 heterocycles. The predicted octanol–water partition coefficient (Wildman–Crippen LogP) is 5.89. The Kier molecular flexibility index (Phi) is 6.53.